The molecule has 2 rings (SSSR count). The molecule has 1 nitrogen and oxygen atoms in total. The average Bonchev–Trinajstić information content (AvgIpc) is 2.65. The summed E-state index contributed by atoms with van der Waals surface area (Å²) in [6.07, 6.45) is 20.5. The SMILES string of the molecule is CCC[CH2][Sn]([CH2]CCC)([CH2]CCC)[C]1=CC(C)(C)C=NC12CCCCC2. The van der Waals surface area contributed by atoms with Crippen LogP contribution in [0.1, 0.15) is 105 Å². The van der Waals surface area contributed by atoms with Gasteiger partial charge in [0.25, 0.3) is 0 Å². The Hall–Kier alpha value is 0.209. The van der Waals surface area contributed by atoms with Gasteiger partial charge in [-0.05, 0) is 0 Å². The third kappa shape index (κ3) is 5.39. The van der Waals surface area contributed by atoms with Crippen molar-refractivity contribution in [2.24, 2.45) is 10.4 Å². The van der Waals surface area contributed by atoms with Crippen molar-refractivity contribution in [2.75, 3.05) is 0 Å². The summed E-state index contributed by atoms with van der Waals surface area (Å²) in [5, 5.41) is 0. The summed E-state index contributed by atoms with van der Waals surface area (Å²) in [4.78, 5) is 5.40. The molecule has 26 heavy (non-hydrogen) atoms. The Morgan fingerprint density at radius 1 is 0.846 bits per heavy atom. The molecule has 1 saturated carbocycles. The van der Waals surface area contributed by atoms with Crippen LogP contribution in [0.5, 0.6) is 0 Å². The molecule has 1 aliphatic heterocycles. The number of allylic oxidation sites excluding steroid dienone is 1. The van der Waals surface area contributed by atoms with Gasteiger partial charge in [0, 0.05) is 0 Å². The molecule has 2 aliphatic rings. The number of nitrogens with zero attached hydrogens (tertiary/aromatic N) is 1. The molecule has 0 aromatic heterocycles. The quantitative estimate of drug-likeness (QED) is 0.289. The molecule has 0 unspecified atom stereocenters. The predicted molar refractivity (Wildman–Crippen MR) is 121 cm³/mol. The number of hydrogen-bond donors (Lipinski definition) is 0. The van der Waals surface area contributed by atoms with E-state index < -0.39 is 18.4 Å². The van der Waals surface area contributed by atoms with E-state index in [4.69, 9.17) is 4.99 Å². The third-order valence-corrected chi connectivity index (χ3v) is 23.2. The Bertz CT molecular complexity index is 461. The fourth-order valence-corrected chi connectivity index (χ4v) is 24.3. The van der Waals surface area contributed by atoms with E-state index in [-0.39, 0.29) is 11.0 Å². The normalized spacial score (nSPS) is 21.8. The van der Waals surface area contributed by atoms with Crippen molar-refractivity contribution >= 4 is 24.6 Å². The summed E-state index contributed by atoms with van der Waals surface area (Å²) in [6.45, 7) is 12.0. The van der Waals surface area contributed by atoms with Gasteiger partial charge in [0.2, 0.25) is 0 Å². The van der Waals surface area contributed by atoms with E-state index in [1.807, 2.05) is 3.59 Å². The van der Waals surface area contributed by atoms with Crippen molar-refractivity contribution in [3.63, 3.8) is 0 Å². The van der Waals surface area contributed by atoms with E-state index in [9.17, 15) is 0 Å². The maximum atomic E-state index is 5.40. The molecule has 0 N–H and O–H groups in total. The average molecular weight is 466 g/mol. The van der Waals surface area contributed by atoms with Gasteiger partial charge in [0.15, 0.2) is 0 Å². The summed E-state index contributed by atoms with van der Waals surface area (Å²) in [5.74, 6) is 0. The molecular weight excluding hydrogens is 421 g/mol. The Balaban J connectivity index is 2.49. The van der Waals surface area contributed by atoms with Gasteiger partial charge >= 0.3 is 169 Å². The zero-order valence-corrected chi connectivity index (χ0v) is 21.4. The van der Waals surface area contributed by atoms with Crippen LogP contribution in [0.3, 0.4) is 0 Å². The molecule has 1 fully saturated rings. The molecule has 1 heterocycles. The summed E-state index contributed by atoms with van der Waals surface area (Å²) in [5.41, 5.74) is 0.407. The fraction of sp³-hybridized carbons (Fsp3) is 0.875. The van der Waals surface area contributed by atoms with Gasteiger partial charge in [-0.2, -0.15) is 0 Å². The zero-order chi connectivity index (χ0) is 19.1. The van der Waals surface area contributed by atoms with Gasteiger partial charge in [-0.15, -0.1) is 0 Å². The van der Waals surface area contributed by atoms with Gasteiger partial charge in [0.1, 0.15) is 0 Å². The molecule has 1 aliphatic carbocycles. The van der Waals surface area contributed by atoms with Gasteiger partial charge in [-0.25, -0.2) is 0 Å². The van der Waals surface area contributed by atoms with Crippen LogP contribution in [-0.2, 0) is 0 Å². The standard InChI is InChI=1S/C12H18N.3C4H9.Sn/c1-11(2)8-9-12(13-10-11)6-4-3-5-7-12;3*1-3-4-2;/h8,10H,3-7H2,1-2H3;3*1,3-4H2,2H3;. The van der Waals surface area contributed by atoms with Crippen LogP contribution in [0, 0.1) is 5.41 Å². The van der Waals surface area contributed by atoms with Gasteiger partial charge in [-0.3, -0.25) is 0 Å². The fourth-order valence-electron chi connectivity index (χ4n) is 5.41. The van der Waals surface area contributed by atoms with E-state index in [2.05, 4.69) is 46.9 Å². The van der Waals surface area contributed by atoms with Crippen molar-refractivity contribution < 1.29 is 0 Å². The molecule has 0 radical (unpaired) electrons. The van der Waals surface area contributed by atoms with Crippen molar-refractivity contribution in [1.29, 1.82) is 0 Å². The van der Waals surface area contributed by atoms with Crippen LogP contribution in [-0.4, -0.2) is 30.1 Å². The van der Waals surface area contributed by atoms with E-state index in [1.54, 1.807) is 13.3 Å². The summed E-state index contributed by atoms with van der Waals surface area (Å²) in [7, 11) is 0. The van der Waals surface area contributed by atoms with E-state index >= 15 is 0 Å². The second-order valence-corrected chi connectivity index (χ2v) is 22.9. The third-order valence-electron chi connectivity index (χ3n) is 6.94. The minimum atomic E-state index is -2.41. The van der Waals surface area contributed by atoms with Crippen LogP contribution in [0.2, 0.25) is 13.3 Å². The van der Waals surface area contributed by atoms with E-state index in [0.717, 1.165) is 0 Å². The maximum absolute atomic E-state index is 5.40. The molecule has 1 spiro atoms. The van der Waals surface area contributed by atoms with E-state index in [1.165, 1.54) is 70.6 Å². The second-order valence-electron chi connectivity index (χ2n) is 9.82. The topological polar surface area (TPSA) is 12.4 Å². The van der Waals surface area contributed by atoms with Gasteiger partial charge in [-0.1, -0.05) is 0 Å². The predicted octanol–water partition coefficient (Wildman–Crippen LogP) is 8.11. The molecule has 0 saturated heterocycles. The second kappa shape index (κ2) is 10.1. The first kappa shape index (κ1) is 22.5. The summed E-state index contributed by atoms with van der Waals surface area (Å²) >= 11 is -2.41. The van der Waals surface area contributed by atoms with Crippen LogP contribution in [0.25, 0.3) is 0 Å². The van der Waals surface area contributed by atoms with Crippen LogP contribution in [0.4, 0.5) is 0 Å². The first-order chi connectivity index (χ1) is 12.4. The Kier molecular flexibility index (Phi) is 8.76. The molecule has 150 valence electrons. The van der Waals surface area contributed by atoms with Crippen LogP contribution < -0.4 is 0 Å². The number of hydrogen-bond acceptors (Lipinski definition) is 1. The van der Waals surface area contributed by atoms with Crippen molar-refractivity contribution in [3.05, 3.63) is 9.67 Å². The van der Waals surface area contributed by atoms with E-state index in [0.29, 0.717) is 0 Å². The molecule has 0 aromatic rings. The molecular formula is C24H45NSn. The summed E-state index contributed by atoms with van der Waals surface area (Å²) < 4.78 is 6.74. The Morgan fingerprint density at radius 2 is 1.35 bits per heavy atom. The first-order valence-electron chi connectivity index (χ1n) is 11.7. The van der Waals surface area contributed by atoms with Crippen molar-refractivity contribution in [1.82, 2.24) is 0 Å². The molecule has 0 atom stereocenters. The van der Waals surface area contributed by atoms with Gasteiger partial charge in [0.05, 0.1) is 0 Å². The summed E-state index contributed by atoms with van der Waals surface area (Å²) in [6, 6.07) is 0. The molecule has 0 bridgehead atoms. The van der Waals surface area contributed by atoms with Crippen molar-refractivity contribution in [2.45, 2.75) is 124 Å². The van der Waals surface area contributed by atoms with Gasteiger partial charge < -0.3 is 0 Å². The number of unbranched alkanes of at least 4 members (excludes halogenated alkanes) is 3. The first-order valence-corrected chi connectivity index (χ1v) is 19.2. The Morgan fingerprint density at radius 3 is 1.81 bits per heavy atom. The molecule has 0 amide bonds. The molecule has 2 heteroatoms. The zero-order valence-electron chi connectivity index (χ0n) is 18.5. The Labute approximate surface area is 168 Å². The number of aliphatic imine (C=N–C) groups is 1. The van der Waals surface area contributed by atoms with Crippen LogP contribution >= 0.6 is 0 Å². The van der Waals surface area contributed by atoms with Crippen molar-refractivity contribution in [3.8, 4) is 0 Å². The number of dihydropyridines is 1. The molecule has 0 aromatic carbocycles. The number of rotatable bonds is 10. The monoisotopic (exact) mass is 467 g/mol. The minimum absolute atomic E-state index is 0.171. The van der Waals surface area contributed by atoms with Crippen LogP contribution in [0.15, 0.2) is 14.7 Å².